The Labute approximate surface area is 160 Å². The molecule has 148 valence electrons. The van der Waals surface area contributed by atoms with Crippen LogP contribution in [-0.2, 0) is 9.53 Å². The zero-order chi connectivity index (χ0) is 19.7. The number of thiol groups is 1. The second kappa shape index (κ2) is 7.97. The largest absolute Gasteiger partial charge is 0.394 e. The van der Waals surface area contributed by atoms with Crippen molar-refractivity contribution in [1.29, 1.82) is 0 Å². The topological polar surface area (TPSA) is 142 Å². The fourth-order valence-corrected chi connectivity index (χ4v) is 3.44. The number of aliphatic hydroxyl groups is 2. The Bertz CT molecular complexity index is 882. The fourth-order valence-electron chi connectivity index (χ4n) is 3.14. The van der Waals surface area contributed by atoms with Gasteiger partial charge < -0.3 is 14.9 Å². The van der Waals surface area contributed by atoms with Gasteiger partial charge in [0.2, 0.25) is 11.9 Å². The number of nitrogens with one attached hydrogen (secondary N) is 2. The van der Waals surface area contributed by atoms with Crippen LogP contribution in [-0.4, -0.2) is 60.2 Å². The number of rotatable bonds is 6. The predicted molar refractivity (Wildman–Crippen MR) is 101 cm³/mol. The first-order valence-corrected chi connectivity index (χ1v) is 9.33. The molecule has 1 amide bonds. The maximum atomic E-state index is 12.3. The number of imidazole rings is 1. The van der Waals surface area contributed by atoms with Crippen molar-refractivity contribution in [1.82, 2.24) is 19.5 Å². The third-order valence-electron chi connectivity index (χ3n) is 4.64. The SMILES string of the molecule is CC(C)C(=O)Nc1nc2c(ncn2[C@H]2O[C@H](CO)[C@@H](CCS)[C@H]2O)c(=O)[nH]1. The molecule has 0 saturated carbocycles. The summed E-state index contributed by atoms with van der Waals surface area (Å²) in [4.78, 5) is 35.0. The summed E-state index contributed by atoms with van der Waals surface area (Å²) in [7, 11) is 0. The highest BCUT2D eigenvalue weighted by atomic mass is 32.1. The Hall–Kier alpha value is -1.95. The first-order valence-electron chi connectivity index (χ1n) is 8.70. The summed E-state index contributed by atoms with van der Waals surface area (Å²) in [5.41, 5.74) is -0.285. The molecule has 1 fully saturated rings. The molecule has 1 aliphatic rings. The first-order chi connectivity index (χ1) is 12.9. The first kappa shape index (κ1) is 19.8. The molecule has 4 N–H and O–H groups in total. The molecule has 27 heavy (non-hydrogen) atoms. The number of aromatic nitrogens is 4. The van der Waals surface area contributed by atoms with E-state index in [0.717, 1.165) is 0 Å². The molecule has 3 heterocycles. The summed E-state index contributed by atoms with van der Waals surface area (Å²) in [6.07, 6.45) is -0.437. The standard InChI is InChI=1S/C16H23N5O5S/c1-7(2)13(24)19-16-18-12-10(14(25)20-16)17-6-21(12)15-11(23)8(3-4-27)9(5-22)26-15/h6-9,11,15,22-23,27H,3-5H2,1-2H3,(H2,18,19,20,24,25)/t8-,9-,11-,15+/m1/s1. The van der Waals surface area contributed by atoms with Crippen molar-refractivity contribution in [3.63, 3.8) is 0 Å². The third kappa shape index (κ3) is 3.72. The Morgan fingerprint density at radius 3 is 2.89 bits per heavy atom. The van der Waals surface area contributed by atoms with Crippen LogP contribution in [0.15, 0.2) is 11.1 Å². The Morgan fingerprint density at radius 1 is 1.52 bits per heavy atom. The van der Waals surface area contributed by atoms with E-state index < -0.39 is 24.0 Å². The van der Waals surface area contributed by atoms with Gasteiger partial charge in [0.15, 0.2) is 17.4 Å². The van der Waals surface area contributed by atoms with E-state index in [9.17, 15) is 19.8 Å². The van der Waals surface area contributed by atoms with Crippen LogP contribution in [0.1, 0.15) is 26.5 Å². The summed E-state index contributed by atoms with van der Waals surface area (Å²) in [5, 5.41) is 22.8. The highest BCUT2D eigenvalue weighted by Crippen LogP contribution is 2.37. The predicted octanol–water partition coefficient (Wildman–Crippen LogP) is -0.0992. The lowest BCUT2D eigenvalue weighted by molar-refractivity contribution is -0.118. The van der Waals surface area contributed by atoms with E-state index in [1.807, 2.05) is 0 Å². The highest BCUT2D eigenvalue weighted by molar-refractivity contribution is 7.80. The summed E-state index contributed by atoms with van der Waals surface area (Å²) in [6.45, 7) is 3.19. The minimum atomic E-state index is -0.929. The van der Waals surface area contributed by atoms with E-state index in [4.69, 9.17) is 4.74 Å². The number of amides is 1. The molecule has 2 aromatic rings. The zero-order valence-electron chi connectivity index (χ0n) is 15.0. The smallest absolute Gasteiger partial charge is 0.280 e. The van der Waals surface area contributed by atoms with Crippen molar-refractivity contribution in [3.05, 3.63) is 16.7 Å². The summed E-state index contributed by atoms with van der Waals surface area (Å²) in [6, 6.07) is 0. The second-order valence-electron chi connectivity index (χ2n) is 6.80. The summed E-state index contributed by atoms with van der Waals surface area (Å²) in [5.74, 6) is -0.372. The van der Waals surface area contributed by atoms with E-state index in [0.29, 0.717) is 12.2 Å². The zero-order valence-corrected chi connectivity index (χ0v) is 15.9. The highest BCUT2D eigenvalue weighted by Gasteiger charge is 2.44. The summed E-state index contributed by atoms with van der Waals surface area (Å²) < 4.78 is 7.23. The average molecular weight is 397 g/mol. The lowest BCUT2D eigenvalue weighted by atomic mass is 9.95. The van der Waals surface area contributed by atoms with Crippen LogP contribution in [0.3, 0.4) is 0 Å². The molecule has 0 aromatic carbocycles. The monoisotopic (exact) mass is 397 g/mol. The van der Waals surface area contributed by atoms with Crippen molar-refractivity contribution < 1.29 is 19.7 Å². The van der Waals surface area contributed by atoms with Crippen molar-refractivity contribution in [3.8, 4) is 0 Å². The molecule has 0 radical (unpaired) electrons. The Morgan fingerprint density at radius 2 is 2.26 bits per heavy atom. The van der Waals surface area contributed by atoms with Gasteiger partial charge in [-0.05, 0) is 12.2 Å². The maximum Gasteiger partial charge on any atom is 0.280 e. The number of anilines is 1. The summed E-state index contributed by atoms with van der Waals surface area (Å²) >= 11 is 4.19. The van der Waals surface area contributed by atoms with E-state index in [1.165, 1.54) is 10.9 Å². The van der Waals surface area contributed by atoms with Crippen molar-refractivity contribution >= 4 is 35.6 Å². The Balaban J connectivity index is 1.99. The molecular weight excluding hydrogens is 374 g/mol. The van der Waals surface area contributed by atoms with Crippen molar-refractivity contribution in [2.75, 3.05) is 17.7 Å². The lowest BCUT2D eigenvalue weighted by Crippen LogP contribution is -2.28. The second-order valence-corrected chi connectivity index (χ2v) is 7.24. The van der Waals surface area contributed by atoms with Gasteiger partial charge in [-0.25, -0.2) is 4.98 Å². The molecule has 0 aliphatic carbocycles. The number of H-pyrrole nitrogens is 1. The number of hydrogen-bond acceptors (Lipinski definition) is 8. The molecule has 4 atom stereocenters. The number of ether oxygens (including phenoxy) is 1. The van der Waals surface area contributed by atoms with E-state index >= 15 is 0 Å². The number of nitrogens with zero attached hydrogens (tertiary/aromatic N) is 3. The number of aliphatic hydroxyl groups excluding tert-OH is 2. The fraction of sp³-hybridized carbons (Fsp3) is 0.625. The molecule has 0 bridgehead atoms. The molecule has 0 unspecified atom stereocenters. The molecule has 3 rings (SSSR count). The van der Waals surface area contributed by atoms with Gasteiger partial charge in [0, 0.05) is 11.8 Å². The van der Waals surface area contributed by atoms with E-state index in [-0.39, 0.29) is 41.5 Å². The van der Waals surface area contributed by atoms with Gasteiger partial charge in [-0.2, -0.15) is 17.6 Å². The third-order valence-corrected chi connectivity index (χ3v) is 4.90. The number of hydrogen-bond donors (Lipinski definition) is 5. The van der Waals surface area contributed by atoms with Gasteiger partial charge in [0.25, 0.3) is 5.56 Å². The van der Waals surface area contributed by atoms with Crippen LogP contribution >= 0.6 is 12.6 Å². The van der Waals surface area contributed by atoms with Crippen LogP contribution in [0.5, 0.6) is 0 Å². The van der Waals surface area contributed by atoms with E-state index in [1.54, 1.807) is 13.8 Å². The molecule has 0 spiro atoms. The number of fused-ring (bicyclic) bond motifs is 1. The molecule has 11 heteroatoms. The van der Waals surface area contributed by atoms with Gasteiger partial charge >= 0.3 is 0 Å². The van der Waals surface area contributed by atoms with Gasteiger partial charge in [0.05, 0.1) is 19.0 Å². The molecule has 1 saturated heterocycles. The van der Waals surface area contributed by atoms with Crippen LogP contribution in [0.2, 0.25) is 0 Å². The van der Waals surface area contributed by atoms with Crippen LogP contribution in [0.25, 0.3) is 11.2 Å². The van der Waals surface area contributed by atoms with Crippen LogP contribution < -0.4 is 10.9 Å². The van der Waals surface area contributed by atoms with Gasteiger partial charge in [-0.3, -0.25) is 24.5 Å². The van der Waals surface area contributed by atoms with E-state index in [2.05, 4.69) is 32.9 Å². The number of aromatic amines is 1. The quantitative estimate of drug-likeness (QED) is 0.428. The number of carbonyl (C=O) groups excluding carboxylic acids is 1. The minimum Gasteiger partial charge on any atom is -0.394 e. The molecule has 1 aliphatic heterocycles. The maximum absolute atomic E-state index is 12.3. The minimum absolute atomic E-state index is 0.00828. The molecule has 2 aromatic heterocycles. The molecule has 10 nitrogen and oxygen atoms in total. The van der Waals surface area contributed by atoms with Crippen molar-refractivity contribution in [2.24, 2.45) is 11.8 Å². The van der Waals surface area contributed by atoms with Gasteiger partial charge in [-0.1, -0.05) is 13.8 Å². The van der Waals surface area contributed by atoms with Gasteiger partial charge in [-0.15, -0.1) is 0 Å². The normalized spacial score (nSPS) is 25.4. The number of carbonyl (C=O) groups is 1. The Kier molecular flexibility index (Phi) is 5.84. The van der Waals surface area contributed by atoms with Crippen molar-refractivity contribution in [2.45, 2.75) is 38.7 Å². The van der Waals surface area contributed by atoms with Gasteiger partial charge in [0.1, 0.15) is 6.10 Å². The van der Waals surface area contributed by atoms with Crippen LogP contribution in [0.4, 0.5) is 5.95 Å². The average Bonchev–Trinajstić information content (AvgIpc) is 3.17. The van der Waals surface area contributed by atoms with Crippen LogP contribution in [0, 0.1) is 11.8 Å². The lowest BCUT2D eigenvalue weighted by Gasteiger charge is -2.18. The molecular formula is C16H23N5O5S.